The number of nitrogens with zero attached hydrogens (tertiary/aromatic N) is 2. The van der Waals surface area contributed by atoms with E-state index in [0.717, 1.165) is 45.2 Å². The van der Waals surface area contributed by atoms with Gasteiger partial charge in [-0.15, -0.1) is 0 Å². The minimum absolute atomic E-state index is 0.0242. The SMILES string of the molecule is CCS(=O)(=O)c1cccc(-c2cc(C(=O)NCCN(C)C)cc3[nH]c4ncc(C)cc4c23)c1. The van der Waals surface area contributed by atoms with Crippen molar-refractivity contribution < 1.29 is 13.2 Å². The normalized spacial score (nSPS) is 12.0. The Morgan fingerprint density at radius 1 is 1.15 bits per heavy atom. The highest BCUT2D eigenvalue weighted by molar-refractivity contribution is 7.91. The van der Waals surface area contributed by atoms with Crippen molar-refractivity contribution >= 4 is 37.7 Å². The smallest absolute Gasteiger partial charge is 0.251 e. The number of hydrogen-bond acceptors (Lipinski definition) is 5. The molecule has 0 radical (unpaired) electrons. The van der Waals surface area contributed by atoms with Gasteiger partial charge in [0.2, 0.25) is 0 Å². The largest absolute Gasteiger partial charge is 0.351 e. The van der Waals surface area contributed by atoms with Gasteiger partial charge in [0.05, 0.1) is 10.6 Å². The minimum atomic E-state index is -3.37. The molecule has 2 heterocycles. The summed E-state index contributed by atoms with van der Waals surface area (Å²) in [6.07, 6.45) is 1.79. The molecule has 0 bridgehead atoms. The van der Waals surface area contributed by atoms with E-state index in [-0.39, 0.29) is 16.6 Å². The Bertz CT molecular complexity index is 1460. The number of pyridine rings is 1. The molecular formula is C25H28N4O3S. The second-order valence-corrected chi connectivity index (χ2v) is 10.7. The first-order valence-electron chi connectivity index (χ1n) is 10.9. The molecule has 33 heavy (non-hydrogen) atoms. The molecule has 0 spiro atoms. The first kappa shape index (κ1) is 22.9. The summed E-state index contributed by atoms with van der Waals surface area (Å²) in [7, 11) is 0.535. The van der Waals surface area contributed by atoms with E-state index in [1.165, 1.54) is 0 Å². The van der Waals surface area contributed by atoms with Gasteiger partial charge in [-0.1, -0.05) is 19.1 Å². The molecule has 7 nitrogen and oxygen atoms in total. The Morgan fingerprint density at radius 2 is 1.94 bits per heavy atom. The molecule has 2 aromatic carbocycles. The van der Waals surface area contributed by atoms with Crippen LogP contribution in [0.1, 0.15) is 22.8 Å². The second-order valence-electron chi connectivity index (χ2n) is 8.47. The van der Waals surface area contributed by atoms with Gasteiger partial charge in [-0.25, -0.2) is 13.4 Å². The molecule has 0 unspecified atom stereocenters. The Kier molecular flexibility index (Phi) is 6.23. The van der Waals surface area contributed by atoms with Crippen molar-refractivity contribution in [3.05, 3.63) is 59.8 Å². The van der Waals surface area contributed by atoms with Gasteiger partial charge >= 0.3 is 0 Å². The van der Waals surface area contributed by atoms with Gasteiger partial charge in [-0.3, -0.25) is 4.79 Å². The number of carbonyl (C=O) groups is 1. The molecule has 172 valence electrons. The van der Waals surface area contributed by atoms with Crippen molar-refractivity contribution in [2.24, 2.45) is 0 Å². The highest BCUT2D eigenvalue weighted by Crippen LogP contribution is 2.36. The van der Waals surface area contributed by atoms with E-state index in [1.807, 2.05) is 50.2 Å². The van der Waals surface area contributed by atoms with Crippen LogP contribution in [0.3, 0.4) is 0 Å². The number of hydrogen-bond donors (Lipinski definition) is 2. The number of amides is 1. The summed E-state index contributed by atoms with van der Waals surface area (Å²) in [5, 5.41) is 4.80. The molecule has 4 aromatic rings. The zero-order valence-corrected chi connectivity index (χ0v) is 20.1. The zero-order chi connectivity index (χ0) is 23.8. The van der Waals surface area contributed by atoms with Crippen molar-refractivity contribution in [1.29, 1.82) is 0 Å². The number of sulfone groups is 1. The van der Waals surface area contributed by atoms with Crippen LogP contribution < -0.4 is 5.32 Å². The predicted octanol–water partition coefficient (Wildman–Crippen LogP) is 3.78. The van der Waals surface area contributed by atoms with Gasteiger partial charge in [0.15, 0.2) is 9.84 Å². The van der Waals surface area contributed by atoms with Crippen molar-refractivity contribution in [1.82, 2.24) is 20.2 Å². The topological polar surface area (TPSA) is 95.2 Å². The lowest BCUT2D eigenvalue weighted by atomic mass is 9.97. The second kappa shape index (κ2) is 8.96. The number of fused-ring (bicyclic) bond motifs is 3. The maximum atomic E-state index is 12.9. The van der Waals surface area contributed by atoms with Gasteiger partial charge in [-0.2, -0.15) is 0 Å². The van der Waals surface area contributed by atoms with Crippen LogP contribution in [0.15, 0.2) is 53.6 Å². The van der Waals surface area contributed by atoms with E-state index < -0.39 is 9.84 Å². The average Bonchev–Trinajstić information content (AvgIpc) is 3.16. The maximum absolute atomic E-state index is 12.9. The summed E-state index contributed by atoms with van der Waals surface area (Å²) >= 11 is 0. The van der Waals surface area contributed by atoms with Gasteiger partial charge in [0, 0.05) is 41.1 Å². The van der Waals surface area contributed by atoms with Gasteiger partial charge in [0.1, 0.15) is 5.65 Å². The number of benzene rings is 2. The Balaban J connectivity index is 1.93. The third-order valence-electron chi connectivity index (χ3n) is 5.68. The molecule has 0 saturated heterocycles. The van der Waals surface area contributed by atoms with Gasteiger partial charge in [-0.05, 0) is 68.0 Å². The molecule has 1 amide bonds. The summed E-state index contributed by atoms with van der Waals surface area (Å²) in [4.78, 5) is 23.0. The Hall–Kier alpha value is -3.23. The summed E-state index contributed by atoms with van der Waals surface area (Å²) in [6, 6.07) is 12.6. The zero-order valence-electron chi connectivity index (χ0n) is 19.3. The van der Waals surface area contributed by atoms with Crippen LogP contribution in [0.2, 0.25) is 0 Å². The summed E-state index contributed by atoms with van der Waals surface area (Å²) in [6.45, 7) is 4.86. The molecule has 0 aliphatic carbocycles. The van der Waals surface area contributed by atoms with E-state index in [9.17, 15) is 13.2 Å². The quantitative estimate of drug-likeness (QED) is 0.434. The monoisotopic (exact) mass is 464 g/mol. The van der Waals surface area contributed by atoms with Crippen molar-refractivity contribution in [3.63, 3.8) is 0 Å². The molecule has 0 aliphatic heterocycles. The summed E-state index contributed by atoms with van der Waals surface area (Å²) < 4.78 is 25.0. The molecule has 0 atom stereocenters. The van der Waals surface area contributed by atoms with Crippen LogP contribution >= 0.6 is 0 Å². The molecule has 0 fully saturated rings. The highest BCUT2D eigenvalue weighted by Gasteiger charge is 2.18. The standard InChI is InChI=1S/C25H28N4O3S/c1-5-33(31,32)19-8-6-7-17(12-19)20-13-18(25(30)26-9-10-29(3)4)14-22-23(20)21-11-16(2)15-27-24(21)28-22/h6-8,11-15H,5,9-10H2,1-4H3,(H,26,30)(H,27,28). The molecular weight excluding hydrogens is 436 g/mol. The van der Waals surface area contributed by atoms with Gasteiger partial charge < -0.3 is 15.2 Å². The third-order valence-corrected chi connectivity index (χ3v) is 7.41. The van der Waals surface area contributed by atoms with E-state index >= 15 is 0 Å². The summed E-state index contributed by atoms with van der Waals surface area (Å²) in [5.74, 6) is -0.156. The van der Waals surface area contributed by atoms with Gasteiger partial charge in [0.25, 0.3) is 5.91 Å². The molecule has 2 aromatic heterocycles. The van der Waals surface area contributed by atoms with Crippen LogP contribution in [-0.4, -0.2) is 62.1 Å². The van der Waals surface area contributed by atoms with E-state index in [0.29, 0.717) is 12.1 Å². The fourth-order valence-electron chi connectivity index (χ4n) is 3.90. The Morgan fingerprint density at radius 3 is 2.67 bits per heavy atom. The molecule has 0 saturated carbocycles. The number of H-pyrrole nitrogens is 1. The fraction of sp³-hybridized carbons (Fsp3) is 0.280. The number of aromatic nitrogens is 2. The highest BCUT2D eigenvalue weighted by atomic mass is 32.2. The van der Waals surface area contributed by atoms with Crippen molar-refractivity contribution in [2.45, 2.75) is 18.7 Å². The van der Waals surface area contributed by atoms with Crippen molar-refractivity contribution in [3.8, 4) is 11.1 Å². The average molecular weight is 465 g/mol. The van der Waals surface area contributed by atoms with Crippen molar-refractivity contribution in [2.75, 3.05) is 32.9 Å². The molecule has 4 rings (SSSR count). The first-order chi connectivity index (χ1) is 15.7. The lowest BCUT2D eigenvalue weighted by Gasteiger charge is -2.12. The van der Waals surface area contributed by atoms with Crippen LogP contribution in [0.4, 0.5) is 0 Å². The number of rotatable bonds is 7. The van der Waals surface area contributed by atoms with Crippen LogP contribution in [0.5, 0.6) is 0 Å². The number of carbonyl (C=O) groups excluding carboxylic acids is 1. The van der Waals surface area contributed by atoms with E-state index in [4.69, 9.17) is 0 Å². The van der Waals surface area contributed by atoms with E-state index in [1.54, 1.807) is 31.3 Å². The Labute approximate surface area is 193 Å². The number of aryl methyl sites for hydroxylation is 1. The number of likely N-dealkylation sites (N-methyl/N-ethyl adjacent to an activating group) is 1. The van der Waals surface area contributed by atoms with E-state index in [2.05, 4.69) is 15.3 Å². The van der Waals surface area contributed by atoms with Crippen LogP contribution in [0.25, 0.3) is 33.1 Å². The number of aromatic amines is 1. The maximum Gasteiger partial charge on any atom is 0.251 e. The molecule has 2 N–H and O–H groups in total. The first-order valence-corrected chi connectivity index (χ1v) is 12.5. The van der Waals surface area contributed by atoms with Crippen LogP contribution in [-0.2, 0) is 9.84 Å². The molecule has 0 aliphatic rings. The lowest BCUT2D eigenvalue weighted by Crippen LogP contribution is -2.31. The fourth-order valence-corrected chi connectivity index (χ4v) is 4.82. The third kappa shape index (κ3) is 4.62. The minimum Gasteiger partial charge on any atom is -0.351 e. The number of nitrogens with one attached hydrogen (secondary N) is 2. The lowest BCUT2D eigenvalue weighted by molar-refractivity contribution is 0.0951. The summed E-state index contributed by atoms with van der Waals surface area (Å²) in [5.41, 5.74) is 4.55. The molecule has 8 heteroatoms. The predicted molar refractivity (Wildman–Crippen MR) is 132 cm³/mol. The van der Waals surface area contributed by atoms with Crippen LogP contribution in [0, 0.1) is 6.92 Å².